The van der Waals surface area contributed by atoms with Crippen molar-refractivity contribution in [1.82, 2.24) is 10.3 Å². The second-order valence-electron chi connectivity index (χ2n) is 5.38. The lowest BCUT2D eigenvalue weighted by molar-refractivity contribution is -0.180. The Morgan fingerprint density at radius 1 is 1.30 bits per heavy atom. The number of halogens is 3. The average molecular weight is 306 g/mol. The molecule has 1 N–H and O–H groups in total. The highest BCUT2D eigenvalue weighted by molar-refractivity contribution is 8.00. The molecule has 1 rings (SSSR count). The molecule has 20 heavy (non-hydrogen) atoms. The van der Waals surface area contributed by atoms with Gasteiger partial charge in [-0.2, -0.15) is 13.2 Å². The van der Waals surface area contributed by atoms with E-state index in [1.165, 1.54) is 32.5 Å². The third-order valence-electron chi connectivity index (χ3n) is 2.52. The number of nitrogens with zero attached hydrogens (tertiary/aromatic N) is 1. The van der Waals surface area contributed by atoms with Crippen LogP contribution in [0.15, 0.2) is 29.4 Å². The monoisotopic (exact) mass is 306 g/mol. The molecule has 0 aromatic carbocycles. The minimum atomic E-state index is -4.46. The number of amides is 1. The Bertz CT molecular complexity index is 429. The van der Waals surface area contributed by atoms with Crippen LogP contribution in [-0.2, 0) is 4.79 Å². The molecule has 0 saturated heterocycles. The molecule has 0 aliphatic carbocycles. The zero-order valence-corrected chi connectivity index (χ0v) is 12.3. The predicted molar refractivity (Wildman–Crippen MR) is 72.4 cm³/mol. The Kier molecular flexibility index (Phi) is 5.44. The molecule has 1 heterocycles. The van der Waals surface area contributed by atoms with E-state index >= 15 is 0 Å². The van der Waals surface area contributed by atoms with Crippen LogP contribution in [0, 0.1) is 5.41 Å². The van der Waals surface area contributed by atoms with Crippen LogP contribution in [0.1, 0.15) is 20.8 Å². The molecule has 0 bridgehead atoms. The third-order valence-corrected chi connectivity index (χ3v) is 3.53. The normalized spacial score (nSPS) is 13.9. The summed E-state index contributed by atoms with van der Waals surface area (Å²) in [6.45, 7) is 4.34. The summed E-state index contributed by atoms with van der Waals surface area (Å²) in [5.41, 5.74) is -1.09. The van der Waals surface area contributed by atoms with Crippen LogP contribution in [-0.4, -0.2) is 28.9 Å². The van der Waals surface area contributed by atoms with Crippen molar-refractivity contribution in [2.45, 2.75) is 37.9 Å². The number of thioether (sulfide) groups is 1. The fourth-order valence-electron chi connectivity index (χ4n) is 1.58. The van der Waals surface area contributed by atoms with Crippen molar-refractivity contribution in [3.05, 3.63) is 24.5 Å². The Hall–Kier alpha value is -1.24. The molecule has 112 valence electrons. The standard InChI is InChI=1S/C13H17F3N2OS/c1-12(2,3)11(13(14,15)16)18-10(19)8-20-9-4-6-17-7-5-9/h4-7,11H,8H2,1-3H3,(H,18,19)/t11-/m1/s1. The molecule has 0 unspecified atom stereocenters. The first kappa shape index (κ1) is 16.8. The van der Waals surface area contributed by atoms with Gasteiger partial charge >= 0.3 is 6.18 Å². The smallest absolute Gasteiger partial charge is 0.343 e. The van der Waals surface area contributed by atoms with Crippen LogP contribution >= 0.6 is 11.8 Å². The highest BCUT2D eigenvalue weighted by Crippen LogP contribution is 2.33. The number of hydrogen-bond acceptors (Lipinski definition) is 3. The molecule has 1 atom stereocenters. The van der Waals surface area contributed by atoms with E-state index in [4.69, 9.17) is 0 Å². The number of nitrogens with one attached hydrogen (secondary N) is 1. The summed E-state index contributed by atoms with van der Waals surface area (Å²) in [7, 11) is 0. The molecule has 1 aromatic rings. The fraction of sp³-hybridized carbons (Fsp3) is 0.538. The zero-order chi connectivity index (χ0) is 15.4. The van der Waals surface area contributed by atoms with Gasteiger partial charge < -0.3 is 5.32 Å². The van der Waals surface area contributed by atoms with Crippen molar-refractivity contribution in [1.29, 1.82) is 0 Å². The lowest BCUT2D eigenvalue weighted by atomic mass is 9.86. The molecule has 0 fully saturated rings. The summed E-state index contributed by atoms with van der Waals surface area (Å²) < 4.78 is 38.7. The first-order valence-corrected chi connectivity index (χ1v) is 6.98. The zero-order valence-electron chi connectivity index (χ0n) is 11.5. The van der Waals surface area contributed by atoms with Gasteiger partial charge in [0.2, 0.25) is 5.91 Å². The minimum Gasteiger partial charge on any atom is -0.343 e. The number of aromatic nitrogens is 1. The van der Waals surface area contributed by atoms with E-state index in [1.54, 1.807) is 24.5 Å². The highest BCUT2D eigenvalue weighted by Gasteiger charge is 2.47. The van der Waals surface area contributed by atoms with E-state index in [9.17, 15) is 18.0 Å². The van der Waals surface area contributed by atoms with E-state index in [0.717, 1.165) is 4.90 Å². The van der Waals surface area contributed by atoms with Crippen molar-refractivity contribution in [3.8, 4) is 0 Å². The van der Waals surface area contributed by atoms with Crippen molar-refractivity contribution in [2.24, 2.45) is 5.41 Å². The Balaban J connectivity index is 2.59. The van der Waals surface area contributed by atoms with Gasteiger partial charge in [0.1, 0.15) is 6.04 Å². The summed E-state index contributed by atoms with van der Waals surface area (Å²) in [4.78, 5) is 16.3. The number of pyridine rings is 1. The Labute approximate surface area is 120 Å². The minimum absolute atomic E-state index is 0.0628. The molecule has 7 heteroatoms. The molecular weight excluding hydrogens is 289 g/mol. The summed E-state index contributed by atoms with van der Waals surface area (Å²) in [5.74, 6) is -0.698. The molecule has 0 saturated carbocycles. The number of alkyl halides is 3. The number of rotatable bonds is 4. The van der Waals surface area contributed by atoms with Crippen LogP contribution in [0.4, 0.5) is 13.2 Å². The first-order chi connectivity index (χ1) is 9.10. The SMILES string of the molecule is CC(C)(C)[C@@H](NC(=O)CSc1ccncc1)C(F)(F)F. The number of carbonyl (C=O) groups excluding carboxylic acids is 1. The quantitative estimate of drug-likeness (QED) is 0.868. The Morgan fingerprint density at radius 3 is 2.30 bits per heavy atom. The molecule has 0 spiro atoms. The first-order valence-electron chi connectivity index (χ1n) is 5.99. The van der Waals surface area contributed by atoms with Crippen LogP contribution in [0.25, 0.3) is 0 Å². The van der Waals surface area contributed by atoms with Crippen LogP contribution in [0.5, 0.6) is 0 Å². The van der Waals surface area contributed by atoms with Crippen molar-refractivity contribution >= 4 is 17.7 Å². The molecule has 1 amide bonds. The maximum Gasteiger partial charge on any atom is 0.409 e. The van der Waals surface area contributed by atoms with Gasteiger partial charge in [-0.05, 0) is 17.5 Å². The van der Waals surface area contributed by atoms with Gasteiger partial charge in [-0.3, -0.25) is 9.78 Å². The Morgan fingerprint density at radius 2 is 1.85 bits per heavy atom. The van der Waals surface area contributed by atoms with E-state index < -0.39 is 23.5 Å². The third kappa shape index (κ3) is 5.40. The van der Waals surface area contributed by atoms with E-state index in [-0.39, 0.29) is 5.75 Å². The highest BCUT2D eigenvalue weighted by atomic mass is 32.2. The van der Waals surface area contributed by atoms with Crippen molar-refractivity contribution in [2.75, 3.05) is 5.75 Å². The summed E-state index contributed by atoms with van der Waals surface area (Å²) >= 11 is 1.17. The van der Waals surface area contributed by atoms with E-state index in [0.29, 0.717) is 0 Å². The van der Waals surface area contributed by atoms with Gasteiger partial charge in [0.25, 0.3) is 0 Å². The maximum absolute atomic E-state index is 12.9. The lowest BCUT2D eigenvalue weighted by Crippen LogP contribution is -2.53. The predicted octanol–water partition coefficient (Wildman–Crippen LogP) is 3.27. The summed E-state index contributed by atoms with van der Waals surface area (Å²) in [6, 6.07) is 1.53. The fourth-order valence-corrected chi connectivity index (χ4v) is 2.27. The second kappa shape index (κ2) is 6.47. The molecule has 0 aliphatic rings. The molecular formula is C13H17F3N2OS. The lowest BCUT2D eigenvalue weighted by Gasteiger charge is -2.33. The van der Waals surface area contributed by atoms with Gasteiger partial charge in [0.05, 0.1) is 5.75 Å². The van der Waals surface area contributed by atoms with Crippen molar-refractivity contribution < 1.29 is 18.0 Å². The van der Waals surface area contributed by atoms with Gasteiger partial charge in [0.15, 0.2) is 0 Å². The molecule has 0 aliphatic heterocycles. The van der Waals surface area contributed by atoms with Crippen LogP contribution in [0.3, 0.4) is 0 Å². The number of hydrogen-bond donors (Lipinski definition) is 1. The van der Waals surface area contributed by atoms with Gasteiger partial charge in [0, 0.05) is 17.3 Å². The maximum atomic E-state index is 12.9. The van der Waals surface area contributed by atoms with E-state index in [2.05, 4.69) is 10.3 Å². The van der Waals surface area contributed by atoms with Gasteiger partial charge in [-0.15, -0.1) is 11.8 Å². The second-order valence-corrected chi connectivity index (χ2v) is 6.43. The average Bonchev–Trinajstić information content (AvgIpc) is 2.32. The van der Waals surface area contributed by atoms with Gasteiger partial charge in [-0.1, -0.05) is 20.8 Å². The van der Waals surface area contributed by atoms with E-state index in [1.807, 2.05) is 0 Å². The van der Waals surface area contributed by atoms with Crippen LogP contribution < -0.4 is 5.32 Å². The largest absolute Gasteiger partial charge is 0.409 e. The van der Waals surface area contributed by atoms with Gasteiger partial charge in [-0.25, -0.2) is 0 Å². The molecule has 1 aromatic heterocycles. The summed E-state index contributed by atoms with van der Waals surface area (Å²) in [5, 5.41) is 2.07. The molecule has 3 nitrogen and oxygen atoms in total. The number of carbonyl (C=O) groups is 1. The van der Waals surface area contributed by atoms with Crippen LogP contribution in [0.2, 0.25) is 0 Å². The molecule has 0 radical (unpaired) electrons. The van der Waals surface area contributed by atoms with Crippen molar-refractivity contribution in [3.63, 3.8) is 0 Å². The summed E-state index contributed by atoms with van der Waals surface area (Å²) in [6.07, 6.45) is -1.34. The topological polar surface area (TPSA) is 42.0 Å².